The van der Waals surface area contributed by atoms with E-state index in [2.05, 4.69) is 113 Å². The molecule has 5 aliphatic rings. The topological polar surface area (TPSA) is 83.2 Å². The Morgan fingerprint density at radius 2 is 1.22 bits per heavy atom. The molecule has 2 N–H and O–H groups in total. The number of benzene rings is 2. The molecule has 2 aromatic carbocycles. The van der Waals surface area contributed by atoms with Crippen LogP contribution in [0.25, 0.3) is 5.70 Å². The zero-order chi connectivity index (χ0) is 32.6. The van der Waals surface area contributed by atoms with Crippen molar-refractivity contribution in [3.63, 3.8) is 0 Å². The highest BCUT2D eigenvalue weighted by atomic mass is 32.1. The van der Waals surface area contributed by atoms with Crippen LogP contribution in [-0.4, -0.2) is 55.0 Å². The van der Waals surface area contributed by atoms with Gasteiger partial charge in [0.2, 0.25) is 11.9 Å². The number of aliphatic imine (C=N–C) groups is 4. The summed E-state index contributed by atoms with van der Waals surface area (Å²) in [5.41, 5.74) is 11.3. The molecule has 0 radical (unpaired) electrons. The van der Waals surface area contributed by atoms with Crippen molar-refractivity contribution in [1.29, 1.82) is 0 Å². The summed E-state index contributed by atoms with van der Waals surface area (Å²) in [6, 6.07) is 17.6. The van der Waals surface area contributed by atoms with Crippen LogP contribution in [0.3, 0.4) is 0 Å². The molecule has 9 rings (SSSR count). The number of hydrogen-bond acceptors (Lipinski definition) is 11. The van der Waals surface area contributed by atoms with Gasteiger partial charge < -0.3 is 20.4 Å². The van der Waals surface area contributed by atoms with Crippen molar-refractivity contribution in [3.8, 4) is 0 Å². The fourth-order valence-electron chi connectivity index (χ4n) is 7.13. The average molecular weight is 684 g/mol. The lowest BCUT2D eigenvalue weighted by atomic mass is 10.0. The van der Waals surface area contributed by atoms with E-state index < -0.39 is 0 Å². The summed E-state index contributed by atoms with van der Waals surface area (Å²) < 4.78 is 0. The first-order valence-corrected chi connectivity index (χ1v) is 19.0. The molecule has 0 atom stereocenters. The Bertz CT molecular complexity index is 1940. The number of guanidine groups is 2. The second-order valence-corrected chi connectivity index (χ2v) is 14.4. The van der Waals surface area contributed by atoms with Crippen molar-refractivity contribution in [1.82, 2.24) is 4.90 Å². The van der Waals surface area contributed by atoms with E-state index in [1.807, 2.05) is 4.90 Å². The zero-order valence-corrected chi connectivity index (χ0v) is 28.8. The molecule has 0 amide bonds. The molecule has 2 fully saturated rings. The van der Waals surface area contributed by atoms with Crippen LogP contribution in [0.1, 0.15) is 49.7 Å². The van der Waals surface area contributed by atoms with Crippen LogP contribution in [0, 0.1) is 0 Å². The Labute approximate surface area is 294 Å². The highest BCUT2D eigenvalue weighted by molar-refractivity contribution is 7.08. The van der Waals surface area contributed by atoms with Crippen LogP contribution >= 0.6 is 22.7 Å². The number of thiophene rings is 2. The number of rotatable bonds is 8. The van der Waals surface area contributed by atoms with Crippen molar-refractivity contribution in [3.05, 3.63) is 99.0 Å². The third-order valence-electron chi connectivity index (χ3n) is 9.62. The van der Waals surface area contributed by atoms with E-state index in [1.165, 1.54) is 49.9 Å². The van der Waals surface area contributed by atoms with E-state index in [0.717, 1.165) is 77.2 Å². The number of hydrogen-bond donors (Lipinski definition) is 2. The summed E-state index contributed by atoms with van der Waals surface area (Å²) in [4.78, 5) is 26.3. The van der Waals surface area contributed by atoms with Crippen LogP contribution < -0.4 is 20.4 Å². The highest BCUT2D eigenvalue weighted by Gasteiger charge is 2.32. The van der Waals surface area contributed by atoms with Gasteiger partial charge in [-0.1, -0.05) is 0 Å². The third kappa shape index (κ3) is 6.08. The molecule has 49 heavy (non-hydrogen) atoms. The second kappa shape index (κ2) is 13.1. The van der Waals surface area contributed by atoms with Gasteiger partial charge in [-0.3, -0.25) is 0 Å². The Balaban J connectivity index is 1.12. The van der Waals surface area contributed by atoms with Gasteiger partial charge in [-0.15, -0.1) is 0 Å². The van der Waals surface area contributed by atoms with Gasteiger partial charge in [0, 0.05) is 70.8 Å². The minimum Gasteiger partial charge on any atom is -0.371 e. The molecule has 11 heteroatoms. The maximum atomic E-state index is 5.06. The molecule has 5 aliphatic heterocycles. The molecular formula is C38H37N9S2. The fraction of sp³-hybridized carbons (Fsp3) is 0.263. The summed E-state index contributed by atoms with van der Waals surface area (Å²) in [5, 5.41) is 15.9. The minimum atomic E-state index is 0.565. The van der Waals surface area contributed by atoms with E-state index in [4.69, 9.17) is 9.98 Å². The molecule has 0 bridgehead atoms. The molecule has 0 spiro atoms. The summed E-state index contributed by atoms with van der Waals surface area (Å²) >= 11 is 3.37. The van der Waals surface area contributed by atoms with Crippen LogP contribution in [0.2, 0.25) is 0 Å². The predicted molar refractivity (Wildman–Crippen MR) is 208 cm³/mol. The van der Waals surface area contributed by atoms with Gasteiger partial charge in [-0.05, 0) is 110 Å². The lowest BCUT2D eigenvalue weighted by molar-refractivity contribution is 0.578. The van der Waals surface area contributed by atoms with Crippen LogP contribution in [0.4, 0.5) is 34.1 Å². The van der Waals surface area contributed by atoms with Crippen molar-refractivity contribution < 1.29 is 0 Å². The molecule has 7 heterocycles. The van der Waals surface area contributed by atoms with Crippen LogP contribution in [0.5, 0.6) is 0 Å². The Hall–Kier alpha value is -5.00. The number of nitrogens with one attached hydrogen (secondary N) is 2. The number of allylic oxidation sites excluding steroid dienone is 2. The first-order chi connectivity index (χ1) is 24.2. The quantitative estimate of drug-likeness (QED) is 0.194. The van der Waals surface area contributed by atoms with Crippen molar-refractivity contribution in [2.75, 3.05) is 46.6 Å². The monoisotopic (exact) mass is 683 g/mol. The van der Waals surface area contributed by atoms with Gasteiger partial charge in [-0.2, -0.15) is 22.7 Å². The predicted octanol–water partition coefficient (Wildman–Crippen LogP) is 9.07. The molecule has 2 saturated heterocycles. The van der Waals surface area contributed by atoms with Gasteiger partial charge in [-0.25, -0.2) is 24.9 Å². The lowest BCUT2D eigenvalue weighted by Crippen LogP contribution is -2.40. The number of anilines is 6. The lowest BCUT2D eigenvalue weighted by Gasteiger charge is -2.33. The maximum absolute atomic E-state index is 5.06. The first kappa shape index (κ1) is 30.1. The Morgan fingerprint density at radius 3 is 1.84 bits per heavy atom. The second-order valence-electron chi connectivity index (χ2n) is 12.8. The molecular weight excluding hydrogens is 647 g/mol. The normalized spacial score (nSPS) is 18.6. The largest absolute Gasteiger partial charge is 0.371 e. The number of piperidine rings is 2. The zero-order valence-electron chi connectivity index (χ0n) is 27.2. The Kier molecular flexibility index (Phi) is 8.06. The number of nitrogens with zero attached hydrogens (tertiary/aromatic N) is 7. The van der Waals surface area contributed by atoms with Crippen molar-refractivity contribution in [2.45, 2.75) is 38.5 Å². The summed E-state index contributed by atoms with van der Waals surface area (Å²) in [6.07, 6.45) is 13.4. The van der Waals surface area contributed by atoms with Crippen LogP contribution in [0.15, 0.2) is 108 Å². The highest BCUT2D eigenvalue weighted by Crippen LogP contribution is 2.38. The summed E-state index contributed by atoms with van der Waals surface area (Å²) in [5.74, 6) is 1.13. The smallest absolute Gasteiger partial charge is 0.239 e. The maximum Gasteiger partial charge on any atom is 0.239 e. The van der Waals surface area contributed by atoms with E-state index in [0.29, 0.717) is 11.9 Å². The van der Waals surface area contributed by atoms with Crippen LogP contribution in [-0.2, 0) is 0 Å². The standard InChI is InChI=1S/C38H37N9S2/c1-3-13-45(14-4-1)28-7-9-31(33(19-28)41-26-11-17-48-23-26)35-21-30-22-36(44-38-40-25-39-37(43-35)47(30)38)32-10-8-29(46-15-5-2-6-16-46)20-34(32)42-27-12-18-49-24-27/h7-12,17-25,41-42H,1-6,13-16H2. The van der Waals surface area contributed by atoms with Gasteiger partial charge in [0.1, 0.15) is 6.34 Å². The Morgan fingerprint density at radius 1 is 0.612 bits per heavy atom. The molecule has 0 aliphatic carbocycles. The summed E-state index contributed by atoms with van der Waals surface area (Å²) in [7, 11) is 0. The first-order valence-electron chi connectivity index (χ1n) is 17.1. The fourth-order valence-corrected chi connectivity index (χ4v) is 8.31. The van der Waals surface area contributed by atoms with Crippen molar-refractivity contribution in [2.24, 2.45) is 20.0 Å². The van der Waals surface area contributed by atoms with Gasteiger partial charge in [0.15, 0.2) is 0 Å². The van der Waals surface area contributed by atoms with E-state index >= 15 is 0 Å². The van der Waals surface area contributed by atoms with Gasteiger partial charge >= 0.3 is 0 Å². The molecule has 2 aromatic heterocycles. The van der Waals surface area contributed by atoms with E-state index in [-0.39, 0.29) is 0 Å². The van der Waals surface area contributed by atoms with Gasteiger partial charge in [0.05, 0.1) is 28.5 Å². The molecule has 9 nitrogen and oxygen atoms in total. The van der Waals surface area contributed by atoms with E-state index in [9.17, 15) is 0 Å². The van der Waals surface area contributed by atoms with Crippen molar-refractivity contribution >= 4 is 86.5 Å². The SMILES string of the molecule is C1=NC2=NC(c3ccc(N4CCCCC4)cc3Nc3ccsc3)=CC3=CC(c4ccc(N5CCCCC5)cc4Nc4ccsc4)=NC(=N1)N32. The molecule has 4 aromatic rings. The minimum absolute atomic E-state index is 0.565. The van der Waals surface area contributed by atoms with Gasteiger partial charge in [0.25, 0.3) is 0 Å². The molecule has 246 valence electrons. The summed E-state index contributed by atoms with van der Waals surface area (Å²) in [6.45, 7) is 4.35. The van der Waals surface area contributed by atoms with E-state index in [1.54, 1.807) is 29.0 Å². The average Bonchev–Trinajstić information content (AvgIpc) is 3.87. The third-order valence-corrected chi connectivity index (χ3v) is 11.0. The molecule has 0 unspecified atom stereocenters. The molecule has 0 saturated carbocycles.